The molecule has 0 saturated heterocycles. The van der Waals surface area contributed by atoms with E-state index in [1.165, 1.54) is 19.3 Å². The third-order valence-corrected chi connectivity index (χ3v) is 2.99. The van der Waals surface area contributed by atoms with E-state index in [-0.39, 0.29) is 12.5 Å². The van der Waals surface area contributed by atoms with Gasteiger partial charge >= 0.3 is 0 Å². The average molecular weight is 268 g/mol. The summed E-state index contributed by atoms with van der Waals surface area (Å²) < 4.78 is 0. The van der Waals surface area contributed by atoms with Crippen LogP contribution in [0.25, 0.3) is 0 Å². The van der Waals surface area contributed by atoms with Gasteiger partial charge in [-0.1, -0.05) is 26.2 Å². The normalized spacial score (nSPS) is 15.2. The zero-order valence-electron chi connectivity index (χ0n) is 12.3. The van der Waals surface area contributed by atoms with Crippen molar-refractivity contribution < 1.29 is 4.79 Å². The summed E-state index contributed by atoms with van der Waals surface area (Å²) >= 11 is 0. The van der Waals surface area contributed by atoms with Gasteiger partial charge in [0, 0.05) is 19.1 Å². The molecule has 1 aliphatic rings. The number of nitrogens with zero attached hydrogens (tertiary/aromatic N) is 1. The first-order valence-corrected chi connectivity index (χ1v) is 7.57. The molecule has 0 bridgehead atoms. The molecular weight excluding hydrogens is 240 g/mol. The number of unbranched alkanes of at least 4 members (excludes halogenated alkanes) is 3. The Bertz CT molecular complexity index is 287. The van der Waals surface area contributed by atoms with Crippen LogP contribution in [0.2, 0.25) is 0 Å². The fraction of sp³-hybridized carbons (Fsp3) is 0.857. The predicted octanol–water partition coefficient (Wildman–Crippen LogP) is 1.40. The number of rotatable bonds is 9. The Morgan fingerprint density at radius 2 is 1.95 bits per heavy atom. The van der Waals surface area contributed by atoms with Crippen LogP contribution in [0.5, 0.6) is 0 Å². The third kappa shape index (κ3) is 8.46. The summed E-state index contributed by atoms with van der Waals surface area (Å²) in [6, 6.07) is 0.410. The van der Waals surface area contributed by atoms with E-state index in [0.717, 1.165) is 38.3 Å². The van der Waals surface area contributed by atoms with Crippen molar-refractivity contribution in [2.75, 3.05) is 19.6 Å². The molecule has 0 aliphatic heterocycles. The summed E-state index contributed by atoms with van der Waals surface area (Å²) in [5.74, 6) is 0.760. The van der Waals surface area contributed by atoms with Crippen LogP contribution in [0.3, 0.4) is 0 Å². The van der Waals surface area contributed by atoms with Gasteiger partial charge in [0.25, 0.3) is 0 Å². The lowest BCUT2D eigenvalue weighted by Gasteiger charge is -2.11. The number of amides is 1. The lowest BCUT2D eigenvalue weighted by atomic mass is 10.2. The zero-order valence-corrected chi connectivity index (χ0v) is 12.3. The van der Waals surface area contributed by atoms with Crippen LogP contribution in [-0.2, 0) is 4.79 Å². The standard InChI is InChI=1S/C14H28N4O/c1-3-5-6-7-10-16-14(15-4-2)17-11-13(19)18-12-8-9-12/h12H,3-11H2,1-2H3,(H,18,19)(H2,15,16,17). The minimum Gasteiger partial charge on any atom is -0.357 e. The summed E-state index contributed by atoms with van der Waals surface area (Å²) in [6.45, 7) is 6.16. The molecule has 0 unspecified atom stereocenters. The van der Waals surface area contributed by atoms with Crippen molar-refractivity contribution in [2.45, 2.75) is 58.4 Å². The predicted molar refractivity (Wildman–Crippen MR) is 79.3 cm³/mol. The maximum Gasteiger partial charge on any atom is 0.242 e. The van der Waals surface area contributed by atoms with Gasteiger partial charge in [0.2, 0.25) is 5.91 Å². The van der Waals surface area contributed by atoms with E-state index in [1.54, 1.807) is 0 Å². The van der Waals surface area contributed by atoms with Gasteiger partial charge < -0.3 is 16.0 Å². The Morgan fingerprint density at radius 3 is 2.58 bits per heavy atom. The topological polar surface area (TPSA) is 65.5 Å². The second-order valence-electron chi connectivity index (χ2n) is 5.02. The van der Waals surface area contributed by atoms with Gasteiger partial charge in [-0.3, -0.25) is 4.79 Å². The van der Waals surface area contributed by atoms with Crippen molar-refractivity contribution >= 4 is 11.9 Å². The molecular formula is C14H28N4O. The van der Waals surface area contributed by atoms with Crippen LogP contribution >= 0.6 is 0 Å². The van der Waals surface area contributed by atoms with Crippen LogP contribution in [0.1, 0.15) is 52.4 Å². The first kappa shape index (κ1) is 15.8. The molecule has 0 heterocycles. The molecule has 1 rings (SSSR count). The number of guanidine groups is 1. The van der Waals surface area contributed by atoms with E-state index in [9.17, 15) is 4.79 Å². The average Bonchev–Trinajstić information content (AvgIpc) is 3.19. The fourth-order valence-corrected chi connectivity index (χ4v) is 1.75. The Balaban J connectivity index is 2.18. The molecule has 1 aliphatic carbocycles. The van der Waals surface area contributed by atoms with Crippen LogP contribution in [-0.4, -0.2) is 37.5 Å². The Hall–Kier alpha value is -1.26. The Morgan fingerprint density at radius 1 is 1.16 bits per heavy atom. The van der Waals surface area contributed by atoms with Gasteiger partial charge in [-0.2, -0.15) is 0 Å². The summed E-state index contributed by atoms with van der Waals surface area (Å²) in [5.41, 5.74) is 0. The van der Waals surface area contributed by atoms with Gasteiger partial charge in [-0.05, 0) is 26.2 Å². The maximum absolute atomic E-state index is 11.5. The highest BCUT2D eigenvalue weighted by Gasteiger charge is 2.22. The molecule has 110 valence electrons. The molecule has 0 spiro atoms. The molecule has 1 fully saturated rings. The zero-order chi connectivity index (χ0) is 13.9. The lowest BCUT2D eigenvalue weighted by Crippen LogP contribution is -2.39. The van der Waals surface area contributed by atoms with Gasteiger partial charge in [-0.15, -0.1) is 0 Å². The van der Waals surface area contributed by atoms with Crippen molar-refractivity contribution in [3.63, 3.8) is 0 Å². The van der Waals surface area contributed by atoms with E-state index in [4.69, 9.17) is 0 Å². The Kier molecular flexibility index (Phi) is 8.02. The number of hydrogen-bond acceptors (Lipinski definition) is 2. The van der Waals surface area contributed by atoms with E-state index >= 15 is 0 Å². The smallest absolute Gasteiger partial charge is 0.242 e. The van der Waals surface area contributed by atoms with E-state index < -0.39 is 0 Å². The highest BCUT2D eigenvalue weighted by Crippen LogP contribution is 2.18. The maximum atomic E-state index is 11.5. The molecule has 5 heteroatoms. The summed E-state index contributed by atoms with van der Waals surface area (Å²) in [5, 5.41) is 9.35. The van der Waals surface area contributed by atoms with Gasteiger partial charge in [0.1, 0.15) is 6.54 Å². The van der Waals surface area contributed by atoms with Crippen LogP contribution < -0.4 is 16.0 Å². The summed E-state index contributed by atoms with van der Waals surface area (Å²) in [4.78, 5) is 15.8. The van der Waals surface area contributed by atoms with Crippen LogP contribution in [0, 0.1) is 0 Å². The van der Waals surface area contributed by atoms with Crippen molar-refractivity contribution in [2.24, 2.45) is 4.99 Å². The van der Waals surface area contributed by atoms with Gasteiger partial charge in [-0.25, -0.2) is 4.99 Å². The molecule has 0 aromatic carbocycles. The Labute approximate surface area is 116 Å². The minimum absolute atomic E-state index is 0.0192. The van der Waals surface area contributed by atoms with Crippen molar-refractivity contribution in [3.8, 4) is 0 Å². The highest BCUT2D eigenvalue weighted by atomic mass is 16.2. The molecule has 0 aromatic heterocycles. The van der Waals surface area contributed by atoms with E-state index in [1.807, 2.05) is 6.92 Å². The van der Waals surface area contributed by atoms with E-state index in [0.29, 0.717) is 6.04 Å². The van der Waals surface area contributed by atoms with E-state index in [2.05, 4.69) is 27.9 Å². The molecule has 0 atom stereocenters. The third-order valence-electron chi connectivity index (χ3n) is 2.99. The molecule has 1 amide bonds. The fourth-order valence-electron chi connectivity index (χ4n) is 1.75. The molecule has 1 saturated carbocycles. The molecule has 3 N–H and O–H groups in total. The second kappa shape index (κ2) is 9.64. The number of aliphatic imine (C=N–C) groups is 1. The number of nitrogens with one attached hydrogen (secondary N) is 3. The molecule has 0 radical (unpaired) electrons. The van der Waals surface area contributed by atoms with Gasteiger partial charge in [0.15, 0.2) is 5.96 Å². The van der Waals surface area contributed by atoms with Crippen molar-refractivity contribution in [1.82, 2.24) is 16.0 Å². The van der Waals surface area contributed by atoms with Gasteiger partial charge in [0.05, 0.1) is 0 Å². The van der Waals surface area contributed by atoms with Crippen LogP contribution in [0.4, 0.5) is 0 Å². The molecule has 0 aromatic rings. The first-order chi connectivity index (χ1) is 9.26. The highest BCUT2D eigenvalue weighted by molar-refractivity contribution is 5.85. The summed E-state index contributed by atoms with van der Waals surface area (Å²) in [7, 11) is 0. The van der Waals surface area contributed by atoms with Crippen LogP contribution in [0.15, 0.2) is 4.99 Å². The monoisotopic (exact) mass is 268 g/mol. The molecule has 5 nitrogen and oxygen atoms in total. The largest absolute Gasteiger partial charge is 0.357 e. The lowest BCUT2D eigenvalue weighted by molar-refractivity contribution is -0.119. The summed E-state index contributed by atoms with van der Waals surface area (Å²) in [6.07, 6.45) is 7.14. The van der Waals surface area contributed by atoms with Crippen molar-refractivity contribution in [1.29, 1.82) is 0 Å². The number of carbonyl (C=O) groups is 1. The quantitative estimate of drug-likeness (QED) is 0.336. The minimum atomic E-state index is 0.0192. The second-order valence-corrected chi connectivity index (χ2v) is 5.02. The number of carbonyl (C=O) groups excluding carboxylic acids is 1. The molecule has 19 heavy (non-hydrogen) atoms. The SMILES string of the molecule is CCCCCCNC(=NCC(=O)NC1CC1)NCC. The van der Waals surface area contributed by atoms with Crippen molar-refractivity contribution in [3.05, 3.63) is 0 Å². The number of hydrogen-bond donors (Lipinski definition) is 3. The first-order valence-electron chi connectivity index (χ1n) is 7.57.